The van der Waals surface area contributed by atoms with Crippen LogP contribution in [0.3, 0.4) is 0 Å². The summed E-state index contributed by atoms with van der Waals surface area (Å²) in [7, 11) is 0. The van der Waals surface area contributed by atoms with Gasteiger partial charge in [-0.2, -0.15) is 0 Å². The molecule has 2 saturated heterocycles. The Morgan fingerprint density at radius 2 is 1.16 bits per heavy atom. The quantitative estimate of drug-likeness (QED) is 0.00984. The van der Waals surface area contributed by atoms with E-state index in [4.69, 9.17) is 17.2 Å². The van der Waals surface area contributed by atoms with Gasteiger partial charge in [0, 0.05) is 72.0 Å². The maximum Gasteiger partial charge on any atom is 0.305 e. The summed E-state index contributed by atoms with van der Waals surface area (Å²) in [6.45, 7) is 9.35. The molecule has 2 rings (SSSR count). The third-order valence-electron chi connectivity index (χ3n) is 11.2. The van der Waals surface area contributed by atoms with Crippen molar-refractivity contribution in [2.24, 2.45) is 39.9 Å². The Bertz CT molecular complexity index is 1770. The van der Waals surface area contributed by atoms with E-state index in [2.05, 4.69) is 31.6 Å². The van der Waals surface area contributed by atoms with Gasteiger partial charge in [0.25, 0.3) is 17.7 Å². The number of amides is 4. The van der Waals surface area contributed by atoms with Crippen molar-refractivity contribution in [3.05, 3.63) is 0 Å². The number of hydrogen-bond acceptors (Lipinski definition) is 18. The Labute approximate surface area is 428 Å². The number of carbonyl (C=O) groups excluding carboxylic acids is 10. The molecule has 4 amide bonds. The van der Waals surface area contributed by atoms with Gasteiger partial charge in [-0.3, -0.25) is 50.2 Å². The van der Waals surface area contributed by atoms with E-state index in [1.165, 1.54) is 0 Å². The van der Waals surface area contributed by atoms with Crippen LogP contribution in [0.5, 0.6) is 0 Å². The van der Waals surface area contributed by atoms with Crippen LogP contribution in [0.15, 0.2) is 4.99 Å². The van der Waals surface area contributed by atoms with E-state index < -0.39 is 110 Å². The van der Waals surface area contributed by atoms with Gasteiger partial charge in [0.05, 0.1) is 42.7 Å². The number of nitrogens with two attached hydrogens (primary N) is 3. The normalized spacial score (nSPS) is 19.9. The van der Waals surface area contributed by atoms with Gasteiger partial charge in [-0.1, -0.05) is 41.5 Å². The SMILES string of the molecule is CC(C)C[C@@H](C=O)N[C@@H]([C-]=O)N1CCN(C(=O)[C@H](N[C@H](C=O)CC(C)C)N2CCN(C(=O)[C@@H](CN)N[C@H](C=O)CC(=O)O)[C@@H](N[C@H](C=O)CCCN=C(N)N)C2=O)[C@@H](N[C@H](C=O)CC(C)C)C1=O.[Y]. The minimum Gasteiger partial charge on any atom is -0.539 e. The number of carboxylic acid groups (broad SMARTS) is 1. The number of rotatable bonds is 33. The van der Waals surface area contributed by atoms with Crippen molar-refractivity contribution < 1.29 is 90.6 Å². The summed E-state index contributed by atoms with van der Waals surface area (Å²) >= 11 is 0. The summed E-state index contributed by atoms with van der Waals surface area (Å²) < 4.78 is 0. The zero-order valence-corrected chi connectivity index (χ0v) is 43.2. The smallest absolute Gasteiger partial charge is 0.305 e. The fourth-order valence-electron chi connectivity index (χ4n) is 8.01. The number of aliphatic carboxylic acids is 1. The molecule has 2 fully saturated rings. The maximum atomic E-state index is 15.3. The molecule has 0 aromatic rings. The largest absolute Gasteiger partial charge is 0.539 e. The van der Waals surface area contributed by atoms with Crippen molar-refractivity contribution in [2.45, 2.75) is 141 Å². The molecular weight excluding hydrogens is 979 g/mol. The van der Waals surface area contributed by atoms with Crippen LogP contribution >= 0.6 is 0 Å². The number of piperazine rings is 2. The Morgan fingerprint density at radius 3 is 1.62 bits per heavy atom. The van der Waals surface area contributed by atoms with E-state index in [0.717, 1.165) is 19.6 Å². The first-order chi connectivity index (χ1) is 32.2. The summed E-state index contributed by atoms with van der Waals surface area (Å²) in [6, 6.07) is -6.81. The third kappa shape index (κ3) is 19.7. The van der Waals surface area contributed by atoms with Crippen molar-refractivity contribution in [1.29, 1.82) is 0 Å². The summed E-state index contributed by atoms with van der Waals surface area (Å²) in [5.74, 6) is -5.31. The van der Waals surface area contributed by atoms with Crippen LogP contribution < -0.4 is 43.8 Å². The molecule has 0 spiro atoms. The summed E-state index contributed by atoms with van der Waals surface area (Å²) in [5.41, 5.74) is 16.8. The third-order valence-corrected chi connectivity index (χ3v) is 11.2. The van der Waals surface area contributed by atoms with Crippen molar-refractivity contribution >= 4 is 73.3 Å². The fraction of sp³-hybridized carbons (Fsp3) is 0.721. The van der Waals surface area contributed by atoms with Crippen LogP contribution in [0.4, 0.5) is 0 Å². The number of nitrogens with one attached hydrogen (secondary N) is 5. The zero-order valence-electron chi connectivity index (χ0n) is 40.4. The molecule has 2 heterocycles. The number of guanidine groups is 1. The second-order valence-corrected chi connectivity index (χ2v) is 18.1. The van der Waals surface area contributed by atoms with Gasteiger partial charge < -0.3 is 76.0 Å². The second-order valence-electron chi connectivity index (χ2n) is 18.1. The molecule has 2 aliphatic heterocycles. The predicted octanol–water partition coefficient (Wildman–Crippen LogP) is -4.48. The van der Waals surface area contributed by atoms with Crippen LogP contribution in [0.25, 0.3) is 0 Å². The van der Waals surface area contributed by atoms with E-state index in [1.807, 2.05) is 41.5 Å². The molecule has 26 heteroatoms. The van der Waals surface area contributed by atoms with Crippen LogP contribution in [-0.4, -0.2) is 198 Å². The van der Waals surface area contributed by atoms with Crippen molar-refractivity contribution in [3.63, 3.8) is 0 Å². The number of carboxylic acids is 1. The molecule has 10 atom stereocenters. The summed E-state index contributed by atoms with van der Waals surface area (Å²) in [6.07, 6.45) is -1.97. The van der Waals surface area contributed by atoms with E-state index in [-0.39, 0.29) is 108 Å². The van der Waals surface area contributed by atoms with Gasteiger partial charge in [-0.25, -0.2) is 6.29 Å². The number of aldehydes is 5. The monoisotopic (exact) mass is 1050 g/mol. The average Bonchev–Trinajstić information content (AvgIpc) is 3.28. The zero-order chi connectivity index (χ0) is 51.2. The fourth-order valence-corrected chi connectivity index (χ4v) is 8.01. The van der Waals surface area contributed by atoms with E-state index in [0.29, 0.717) is 37.9 Å². The minimum atomic E-state index is -1.74. The number of aliphatic imine (C=N–C) groups is 1. The molecule has 0 aromatic heterocycles. The molecule has 2 aliphatic rings. The van der Waals surface area contributed by atoms with Crippen LogP contribution in [0.2, 0.25) is 0 Å². The molecule has 69 heavy (non-hydrogen) atoms. The summed E-state index contributed by atoms with van der Waals surface area (Å²) in [5, 5.41) is 23.6. The predicted molar refractivity (Wildman–Crippen MR) is 246 cm³/mol. The molecule has 25 nitrogen and oxygen atoms in total. The van der Waals surface area contributed by atoms with Crippen molar-refractivity contribution in [2.75, 3.05) is 39.3 Å². The van der Waals surface area contributed by atoms with Gasteiger partial charge in [0.1, 0.15) is 31.4 Å². The molecule has 0 unspecified atom stereocenters. The first-order valence-corrected chi connectivity index (χ1v) is 22.8. The number of hydrogen-bond donors (Lipinski definition) is 9. The molecular formula is C43H72N13O12Y-. The van der Waals surface area contributed by atoms with E-state index in [9.17, 15) is 48.3 Å². The molecule has 0 aromatic carbocycles. The Morgan fingerprint density at radius 1 is 0.696 bits per heavy atom. The second kappa shape index (κ2) is 31.7. The minimum absolute atomic E-state index is 0. The Balaban J connectivity index is 0.0000238. The van der Waals surface area contributed by atoms with Gasteiger partial charge in [-0.05, 0) is 56.0 Å². The standard InChI is InChI=1S/C43H72N13O12.Y/c1-25(2)14-29(20-58)49-34(24-62)53-10-11-55(36(40(53)66)51-30(21-59)15-26(3)4)42(68)38(52-31(22-60)16-27(5)6)56-13-12-54(39(65)33(18-44)48-32(23-61)17-35(63)64)37(41(56)67)50-28(19-57)8-7-9-47-43(45)46;/h19-23,25-34,36-38,48-52H,7-18,44H2,1-6H3,(H,63,64)(H4,45,46,47);/q-1;/t28-,29-,30-,31-,32-,33+,34+,36+,37+,38+;/m0./s1. The van der Waals surface area contributed by atoms with Crippen molar-refractivity contribution in [3.8, 4) is 0 Å². The molecule has 1 radical (unpaired) electrons. The van der Waals surface area contributed by atoms with Crippen LogP contribution in [0.1, 0.15) is 80.1 Å². The number of carbonyl (C=O) groups is 10. The molecule has 0 aliphatic carbocycles. The Hall–Kier alpha value is -4.50. The average molecular weight is 1050 g/mol. The van der Waals surface area contributed by atoms with Crippen molar-refractivity contribution in [1.82, 2.24) is 46.2 Å². The van der Waals surface area contributed by atoms with Crippen LogP contribution in [-0.2, 0) is 85.4 Å². The van der Waals surface area contributed by atoms with Gasteiger partial charge in [-0.15, -0.1) is 0 Å². The summed E-state index contributed by atoms with van der Waals surface area (Å²) in [4.78, 5) is 153. The molecule has 12 N–H and O–H groups in total. The topological polar surface area (TPSA) is 372 Å². The number of nitrogens with zero attached hydrogens (tertiary/aromatic N) is 5. The van der Waals surface area contributed by atoms with Crippen LogP contribution in [0, 0.1) is 17.8 Å². The molecule has 385 valence electrons. The van der Waals surface area contributed by atoms with Gasteiger partial charge in [0.2, 0.25) is 5.91 Å². The van der Waals surface area contributed by atoms with E-state index in [1.54, 1.807) is 6.29 Å². The first-order valence-electron chi connectivity index (χ1n) is 22.8. The van der Waals surface area contributed by atoms with Gasteiger partial charge >= 0.3 is 5.97 Å². The molecule has 0 bridgehead atoms. The maximum absolute atomic E-state index is 15.3. The van der Waals surface area contributed by atoms with Gasteiger partial charge in [0.15, 0.2) is 24.5 Å². The Kier molecular flexibility index (Phi) is 28.7. The first kappa shape index (κ1) is 62.5. The van der Waals surface area contributed by atoms with E-state index >= 15 is 9.59 Å². The molecule has 0 saturated carbocycles.